The number of hydrogen-bond acceptors (Lipinski definition) is 4. The number of hydrogen-bond donors (Lipinski definition) is 0. The molecule has 0 aromatic carbocycles. The highest BCUT2D eigenvalue weighted by Crippen LogP contribution is 2.33. The van der Waals surface area contributed by atoms with Gasteiger partial charge in [-0.25, -0.2) is 8.42 Å². The molecule has 4 nitrogen and oxygen atoms in total. The van der Waals surface area contributed by atoms with Gasteiger partial charge in [0.25, 0.3) is 0 Å². The van der Waals surface area contributed by atoms with Crippen molar-refractivity contribution in [3.05, 3.63) is 0 Å². The Bertz CT molecular complexity index is 393. The molecule has 0 atom stereocenters. The maximum atomic E-state index is 12.6. The van der Waals surface area contributed by atoms with Gasteiger partial charge in [0.2, 0.25) is 0 Å². The van der Waals surface area contributed by atoms with E-state index >= 15 is 0 Å². The van der Waals surface area contributed by atoms with Crippen molar-refractivity contribution in [2.75, 3.05) is 26.1 Å². The molecule has 1 rings (SSSR count). The Balaban J connectivity index is 2.67. The van der Waals surface area contributed by atoms with E-state index in [0.717, 1.165) is 25.7 Å². The zero-order valence-corrected chi connectivity index (χ0v) is 13.3. The SMILES string of the molecule is CN(C)C1(C(=O)CCCS(C)(=O)=O)CCCCCC1. The monoisotopic (exact) mass is 289 g/mol. The van der Waals surface area contributed by atoms with Crippen LogP contribution in [-0.4, -0.2) is 50.7 Å². The van der Waals surface area contributed by atoms with Crippen LogP contribution in [0, 0.1) is 0 Å². The van der Waals surface area contributed by atoms with Crippen molar-refractivity contribution in [2.45, 2.75) is 56.9 Å². The summed E-state index contributed by atoms with van der Waals surface area (Å²) in [6.07, 6.45) is 8.48. The summed E-state index contributed by atoms with van der Waals surface area (Å²) in [6.45, 7) is 0. The Labute approximate surface area is 117 Å². The molecule has 0 spiro atoms. The molecular formula is C14H27NO3S. The molecule has 0 amide bonds. The van der Waals surface area contributed by atoms with E-state index in [1.165, 1.54) is 19.1 Å². The number of nitrogens with zero attached hydrogens (tertiary/aromatic N) is 1. The van der Waals surface area contributed by atoms with E-state index in [4.69, 9.17) is 0 Å². The van der Waals surface area contributed by atoms with Gasteiger partial charge in [0.05, 0.1) is 11.3 Å². The maximum Gasteiger partial charge on any atom is 0.153 e. The molecule has 0 unspecified atom stereocenters. The van der Waals surface area contributed by atoms with Gasteiger partial charge in [-0.05, 0) is 33.4 Å². The molecule has 0 aromatic heterocycles. The smallest absolute Gasteiger partial charge is 0.153 e. The average molecular weight is 289 g/mol. The summed E-state index contributed by atoms with van der Waals surface area (Å²) >= 11 is 0. The van der Waals surface area contributed by atoms with Crippen LogP contribution in [0.15, 0.2) is 0 Å². The summed E-state index contributed by atoms with van der Waals surface area (Å²) in [6, 6.07) is 0. The second kappa shape index (κ2) is 6.84. The van der Waals surface area contributed by atoms with E-state index in [9.17, 15) is 13.2 Å². The number of carbonyl (C=O) groups is 1. The Kier molecular flexibility index (Phi) is 5.99. The molecule has 0 aliphatic heterocycles. The van der Waals surface area contributed by atoms with Gasteiger partial charge < -0.3 is 0 Å². The van der Waals surface area contributed by atoms with E-state index < -0.39 is 9.84 Å². The fourth-order valence-electron chi connectivity index (χ4n) is 3.02. The predicted octanol–water partition coefficient (Wildman–Crippen LogP) is 2.03. The maximum absolute atomic E-state index is 12.6. The minimum atomic E-state index is -2.96. The van der Waals surface area contributed by atoms with Gasteiger partial charge in [0, 0.05) is 12.7 Å². The largest absolute Gasteiger partial charge is 0.298 e. The van der Waals surface area contributed by atoms with Crippen LogP contribution in [0.4, 0.5) is 0 Å². The number of Topliss-reactive ketones (excluding diaryl/α,β-unsaturated/α-hetero) is 1. The third-order valence-electron chi connectivity index (χ3n) is 4.22. The first-order valence-corrected chi connectivity index (χ1v) is 9.22. The quantitative estimate of drug-likeness (QED) is 0.702. The predicted molar refractivity (Wildman–Crippen MR) is 78.1 cm³/mol. The normalized spacial score (nSPS) is 20.2. The number of sulfone groups is 1. The van der Waals surface area contributed by atoms with Crippen molar-refractivity contribution in [3.63, 3.8) is 0 Å². The summed E-state index contributed by atoms with van der Waals surface area (Å²) < 4.78 is 22.3. The Hall–Kier alpha value is -0.420. The number of ketones is 1. The highest BCUT2D eigenvalue weighted by molar-refractivity contribution is 7.90. The highest BCUT2D eigenvalue weighted by Gasteiger charge is 2.39. The first-order valence-electron chi connectivity index (χ1n) is 7.16. The second-order valence-electron chi connectivity index (χ2n) is 6.00. The molecule has 1 aliphatic rings. The number of likely N-dealkylation sites (N-methyl/N-ethyl adjacent to an activating group) is 1. The van der Waals surface area contributed by atoms with Gasteiger partial charge >= 0.3 is 0 Å². The van der Waals surface area contributed by atoms with Gasteiger partial charge in [-0.1, -0.05) is 25.7 Å². The number of carbonyl (C=O) groups excluding carboxylic acids is 1. The van der Waals surface area contributed by atoms with E-state index in [1.54, 1.807) is 0 Å². The third kappa shape index (κ3) is 4.88. The molecule has 1 saturated carbocycles. The fraction of sp³-hybridized carbons (Fsp3) is 0.929. The topological polar surface area (TPSA) is 54.5 Å². The lowest BCUT2D eigenvalue weighted by Crippen LogP contribution is -2.50. The molecule has 1 aliphatic carbocycles. The van der Waals surface area contributed by atoms with Gasteiger partial charge in [-0.2, -0.15) is 0 Å². The van der Waals surface area contributed by atoms with Crippen molar-refractivity contribution in [2.24, 2.45) is 0 Å². The molecule has 112 valence electrons. The minimum Gasteiger partial charge on any atom is -0.298 e. The molecule has 0 bridgehead atoms. The Morgan fingerprint density at radius 2 is 1.63 bits per heavy atom. The standard InChI is InChI=1S/C14H27NO3S/c1-15(2)14(10-6-4-5-7-11-14)13(16)9-8-12-19(3,17)18/h4-12H2,1-3H3. The van der Waals surface area contributed by atoms with Gasteiger partial charge in [0.1, 0.15) is 9.84 Å². The summed E-state index contributed by atoms with van der Waals surface area (Å²) in [7, 11) is 0.980. The third-order valence-corrected chi connectivity index (χ3v) is 5.26. The van der Waals surface area contributed by atoms with Crippen LogP contribution in [0.1, 0.15) is 51.4 Å². The van der Waals surface area contributed by atoms with Crippen LogP contribution >= 0.6 is 0 Å². The first-order chi connectivity index (χ1) is 8.78. The van der Waals surface area contributed by atoms with E-state index in [0.29, 0.717) is 12.8 Å². The molecule has 5 heteroatoms. The lowest BCUT2D eigenvalue weighted by atomic mass is 9.82. The van der Waals surface area contributed by atoms with Crippen LogP contribution in [-0.2, 0) is 14.6 Å². The molecule has 0 saturated heterocycles. The lowest BCUT2D eigenvalue weighted by molar-refractivity contribution is -0.130. The summed E-state index contributed by atoms with van der Waals surface area (Å²) in [5.41, 5.74) is -0.353. The van der Waals surface area contributed by atoms with Gasteiger partial charge in [-0.15, -0.1) is 0 Å². The Morgan fingerprint density at radius 3 is 2.05 bits per heavy atom. The van der Waals surface area contributed by atoms with Gasteiger partial charge in [0.15, 0.2) is 5.78 Å². The minimum absolute atomic E-state index is 0.113. The zero-order chi connectivity index (χ0) is 14.5. The molecular weight excluding hydrogens is 262 g/mol. The van der Waals surface area contributed by atoms with Crippen molar-refractivity contribution in [1.29, 1.82) is 0 Å². The highest BCUT2D eigenvalue weighted by atomic mass is 32.2. The van der Waals surface area contributed by atoms with Gasteiger partial charge in [-0.3, -0.25) is 9.69 Å². The van der Waals surface area contributed by atoms with Crippen LogP contribution in [0.3, 0.4) is 0 Å². The lowest BCUT2D eigenvalue weighted by Gasteiger charge is -2.38. The van der Waals surface area contributed by atoms with Crippen molar-refractivity contribution in [1.82, 2.24) is 4.90 Å². The average Bonchev–Trinajstić information content (AvgIpc) is 2.53. The van der Waals surface area contributed by atoms with Crippen molar-refractivity contribution >= 4 is 15.6 Å². The first kappa shape index (κ1) is 16.6. The van der Waals surface area contributed by atoms with E-state index in [1.807, 2.05) is 14.1 Å². The van der Waals surface area contributed by atoms with E-state index in [2.05, 4.69) is 4.90 Å². The molecule has 0 N–H and O–H groups in total. The zero-order valence-electron chi connectivity index (χ0n) is 12.4. The molecule has 0 aromatic rings. The summed E-state index contributed by atoms with van der Waals surface area (Å²) in [4.78, 5) is 14.6. The van der Waals surface area contributed by atoms with Crippen LogP contribution in [0.2, 0.25) is 0 Å². The molecule has 0 heterocycles. The fourth-order valence-corrected chi connectivity index (χ4v) is 3.69. The Morgan fingerprint density at radius 1 is 1.11 bits per heavy atom. The summed E-state index contributed by atoms with van der Waals surface area (Å²) in [5.74, 6) is 0.338. The van der Waals surface area contributed by atoms with E-state index in [-0.39, 0.29) is 17.1 Å². The number of rotatable bonds is 6. The molecule has 0 radical (unpaired) electrons. The van der Waals surface area contributed by atoms with Crippen LogP contribution in [0.5, 0.6) is 0 Å². The second-order valence-corrected chi connectivity index (χ2v) is 8.26. The van der Waals surface area contributed by atoms with Crippen LogP contribution in [0.25, 0.3) is 0 Å². The molecule has 1 fully saturated rings. The van der Waals surface area contributed by atoms with Crippen molar-refractivity contribution < 1.29 is 13.2 Å². The molecule has 19 heavy (non-hydrogen) atoms. The van der Waals surface area contributed by atoms with Crippen LogP contribution < -0.4 is 0 Å². The summed E-state index contributed by atoms with van der Waals surface area (Å²) in [5, 5.41) is 0. The van der Waals surface area contributed by atoms with Crippen molar-refractivity contribution in [3.8, 4) is 0 Å².